The van der Waals surface area contributed by atoms with Crippen molar-refractivity contribution in [3.8, 4) is 28.5 Å². The molecular formula is C28H35N3O5. The number of benzene rings is 2. The van der Waals surface area contributed by atoms with Gasteiger partial charge in [0, 0.05) is 24.3 Å². The van der Waals surface area contributed by atoms with E-state index in [2.05, 4.69) is 10.2 Å². The molecule has 8 nitrogen and oxygen atoms in total. The Kier molecular flexibility index (Phi) is 7.54. The molecule has 0 spiro atoms. The summed E-state index contributed by atoms with van der Waals surface area (Å²) in [4.78, 5) is 15.4. The summed E-state index contributed by atoms with van der Waals surface area (Å²) in [5.41, 5.74) is 5.10. The molecule has 0 bridgehead atoms. The number of ether oxygens (including phenoxy) is 3. The number of aromatic amines is 1. The zero-order valence-corrected chi connectivity index (χ0v) is 21.8. The lowest BCUT2D eigenvalue weighted by molar-refractivity contribution is 0.0601. The van der Waals surface area contributed by atoms with Gasteiger partial charge in [-0.3, -0.25) is 9.89 Å². The molecule has 2 N–H and O–H groups in total. The average Bonchev–Trinajstić information content (AvgIpc) is 3.35. The van der Waals surface area contributed by atoms with E-state index in [1.165, 1.54) is 0 Å². The molecule has 3 aromatic rings. The van der Waals surface area contributed by atoms with Crippen molar-refractivity contribution in [3.05, 3.63) is 58.3 Å². The van der Waals surface area contributed by atoms with Gasteiger partial charge in [0.2, 0.25) is 0 Å². The number of fused-ring (bicyclic) bond motifs is 1. The zero-order valence-electron chi connectivity index (χ0n) is 21.8. The number of carbonyl (C=O) groups excluding carboxylic acids is 1. The predicted molar refractivity (Wildman–Crippen MR) is 138 cm³/mol. The van der Waals surface area contributed by atoms with Crippen LogP contribution in [0.1, 0.15) is 66.0 Å². The van der Waals surface area contributed by atoms with Crippen LogP contribution in [0.5, 0.6) is 17.2 Å². The predicted octanol–water partition coefficient (Wildman–Crippen LogP) is 5.17. The van der Waals surface area contributed by atoms with E-state index in [1.54, 1.807) is 13.2 Å². The first-order chi connectivity index (χ1) is 17.3. The number of aromatic nitrogens is 2. The molecule has 1 aliphatic heterocycles. The van der Waals surface area contributed by atoms with Gasteiger partial charge in [-0.05, 0) is 75.9 Å². The van der Waals surface area contributed by atoms with Gasteiger partial charge >= 0.3 is 0 Å². The molecule has 0 radical (unpaired) electrons. The van der Waals surface area contributed by atoms with Gasteiger partial charge in [-0.25, -0.2) is 0 Å². The first kappa shape index (κ1) is 25.6. The van der Waals surface area contributed by atoms with Crippen molar-refractivity contribution in [2.45, 2.75) is 53.2 Å². The Hall–Kier alpha value is -3.52. The van der Waals surface area contributed by atoms with E-state index in [-0.39, 0.29) is 17.8 Å². The molecule has 2 heterocycles. The number of H-pyrrole nitrogens is 1. The fourth-order valence-corrected chi connectivity index (χ4v) is 4.90. The van der Waals surface area contributed by atoms with Crippen LogP contribution in [0.4, 0.5) is 0 Å². The van der Waals surface area contributed by atoms with Crippen molar-refractivity contribution < 1.29 is 24.1 Å². The van der Waals surface area contributed by atoms with Gasteiger partial charge in [-0.1, -0.05) is 12.1 Å². The van der Waals surface area contributed by atoms with Crippen LogP contribution in [0, 0.1) is 13.8 Å². The molecule has 2 aromatic carbocycles. The lowest BCUT2D eigenvalue weighted by Gasteiger charge is -2.27. The van der Waals surface area contributed by atoms with Crippen LogP contribution >= 0.6 is 0 Å². The van der Waals surface area contributed by atoms with Crippen LogP contribution in [0.3, 0.4) is 0 Å². The summed E-state index contributed by atoms with van der Waals surface area (Å²) >= 11 is 0. The molecule has 1 atom stereocenters. The summed E-state index contributed by atoms with van der Waals surface area (Å²) < 4.78 is 17.0. The number of methoxy groups -OCH3 is 1. The number of hydrogen-bond donors (Lipinski definition) is 2. The summed E-state index contributed by atoms with van der Waals surface area (Å²) in [5.74, 6) is 1.25. The molecule has 1 aromatic heterocycles. The van der Waals surface area contributed by atoms with Crippen molar-refractivity contribution in [1.82, 2.24) is 15.1 Å². The number of phenolic OH excluding ortho intramolecular Hbond substituents is 1. The minimum absolute atomic E-state index is 0.126. The fraction of sp³-hybridized carbons (Fsp3) is 0.429. The largest absolute Gasteiger partial charge is 0.507 e. The van der Waals surface area contributed by atoms with Gasteiger partial charge in [0.1, 0.15) is 17.1 Å². The summed E-state index contributed by atoms with van der Waals surface area (Å²) in [6.07, 6.45) is 0.817. The average molecular weight is 494 g/mol. The first-order valence-corrected chi connectivity index (χ1v) is 12.4. The summed E-state index contributed by atoms with van der Waals surface area (Å²) in [7, 11) is 1.60. The van der Waals surface area contributed by atoms with Crippen molar-refractivity contribution in [2.24, 2.45) is 0 Å². The summed E-state index contributed by atoms with van der Waals surface area (Å²) in [6, 6.07) is 9.04. The number of phenols is 1. The quantitative estimate of drug-likeness (QED) is 0.379. The zero-order chi connectivity index (χ0) is 26.0. The maximum Gasteiger partial charge on any atom is 0.273 e. The van der Waals surface area contributed by atoms with E-state index in [1.807, 2.05) is 63.8 Å². The Morgan fingerprint density at radius 2 is 1.94 bits per heavy atom. The van der Waals surface area contributed by atoms with E-state index in [0.29, 0.717) is 54.6 Å². The van der Waals surface area contributed by atoms with Crippen molar-refractivity contribution >= 4 is 5.91 Å². The van der Waals surface area contributed by atoms with Crippen LogP contribution in [0.2, 0.25) is 0 Å². The second-order valence-corrected chi connectivity index (χ2v) is 9.35. The molecule has 1 amide bonds. The molecule has 192 valence electrons. The maximum absolute atomic E-state index is 13.6. The summed E-state index contributed by atoms with van der Waals surface area (Å²) in [6.45, 7) is 11.4. The van der Waals surface area contributed by atoms with E-state index in [4.69, 9.17) is 14.2 Å². The van der Waals surface area contributed by atoms with Gasteiger partial charge in [0.15, 0.2) is 11.5 Å². The van der Waals surface area contributed by atoms with Crippen LogP contribution in [-0.2, 0) is 4.74 Å². The van der Waals surface area contributed by atoms with Crippen molar-refractivity contribution in [2.75, 3.05) is 26.9 Å². The highest BCUT2D eigenvalue weighted by Crippen LogP contribution is 2.46. The first-order valence-electron chi connectivity index (χ1n) is 12.4. The van der Waals surface area contributed by atoms with Gasteiger partial charge in [0.25, 0.3) is 5.91 Å². The molecule has 36 heavy (non-hydrogen) atoms. The highest BCUT2D eigenvalue weighted by atomic mass is 16.5. The SMILES string of the molecule is CCOc1ccc(C2c3c(-c4c(C)cc(C)cc4O)n[nH]c3C(=O)N2CCCOC(C)C)cc1OC. The van der Waals surface area contributed by atoms with Crippen LogP contribution < -0.4 is 9.47 Å². The Morgan fingerprint density at radius 3 is 2.61 bits per heavy atom. The van der Waals surface area contributed by atoms with Gasteiger partial charge in [-0.15, -0.1) is 0 Å². The van der Waals surface area contributed by atoms with E-state index in [9.17, 15) is 9.90 Å². The van der Waals surface area contributed by atoms with Crippen molar-refractivity contribution in [1.29, 1.82) is 0 Å². The molecule has 8 heteroatoms. The smallest absolute Gasteiger partial charge is 0.273 e. The Bertz CT molecular complexity index is 1230. The molecule has 0 fully saturated rings. The number of aromatic hydroxyl groups is 1. The normalized spacial score (nSPS) is 15.0. The van der Waals surface area contributed by atoms with Gasteiger partial charge < -0.3 is 24.2 Å². The number of hydrogen-bond acceptors (Lipinski definition) is 6. The topological polar surface area (TPSA) is 96.9 Å². The van der Waals surface area contributed by atoms with E-state index in [0.717, 1.165) is 22.3 Å². The number of nitrogens with zero attached hydrogens (tertiary/aromatic N) is 2. The fourth-order valence-electron chi connectivity index (χ4n) is 4.90. The maximum atomic E-state index is 13.6. The Balaban J connectivity index is 1.82. The van der Waals surface area contributed by atoms with Crippen LogP contribution in [0.25, 0.3) is 11.3 Å². The monoisotopic (exact) mass is 493 g/mol. The van der Waals surface area contributed by atoms with E-state index < -0.39 is 6.04 Å². The lowest BCUT2D eigenvalue weighted by atomic mass is 9.93. The second-order valence-electron chi connectivity index (χ2n) is 9.35. The van der Waals surface area contributed by atoms with Gasteiger partial charge in [-0.2, -0.15) is 5.10 Å². The highest BCUT2D eigenvalue weighted by molar-refractivity contribution is 6.00. The number of nitrogens with one attached hydrogen (secondary N) is 1. The minimum atomic E-state index is -0.412. The van der Waals surface area contributed by atoms with Gasteiger partial charge in [0.05, 0.1) is 25.9 Å². The second kappa shape index (κ2) is 10.6. The third kappa shape index (κ3) is 4.78. The van der Waals surface area contributed by atoms with Crippen molar-refractivity contribution in [3.63, 3.8) is 0 Å². The third-order valence-electron chi connectivity index (χ3n) is 6.36. The number of rotatable bonds is 10. The highest BCUT2D eigenvalue weighted by Gasteiger charge is 2.42. The standard InChI is InChI=1S/C28H35N3O5/c1-7-35-21-10-9-19(15-22(21)34-6)27-24-25(23-18(5)13-17(4)14-20(23)32)29-30-26(24)28(33)31(27)11-8-12-36-16(2)3/h9-10,13-16,27,32H,7-8,11-12H2,1-6H3,(H,29,30). The third-order valence-corrected chi connectivity index (χ3v) is 6.36. The molecule has 4 rings (SSSR count). The lowest BCUT2D eigenvalue weighted by Crippen LogP contribution is -2.31. The van der Waals surface area contributed by atoms with Crippen LogP contribution in [0.15, 0.2) is 30.3 Å². The molecule has 1 unspecified atom stereocenters. The molecular weight excluding hydrogens is 458 g/mol. The Labute approximate surface area is 212 Å². The number of amides is 1. The summed E-state index contributed by atoms with van der Waals surface area (Å²) in [5, 5.41) is 18.3. The molecule has 1 aliphatic rings. The molecule has 0 saturated heterocycles. The Morgan fingerprint density at radius 1 is 1.17 bits per heavy atom. The number of aryl methyl sites for hydroxylation is 2. The van der Waals surface area contributed by atoms with Crippen LogP contribution in [-0.4, -0.2) is 59.1 Å². The minimum Gasteiger partial charge on any atom is -0.507 e. The number of carbonyl (C=O) groups is 1. The molecule has 0 aliphatic carbocycles. The van der Waals surface area contributed by atoms with E-state index >= 15 is 0 Å². The molecule has 0 saturated carbocycles.